The molecule has 0 amide bonds. The summed E-state index contributed by atoms with van der Waals surface area (Å²) in [7, 11) is -1.71. The lowest BCUT2D eigenvalue weighted by Crippen LogP contribution is -2.29. The van der Waals surface area contributed by atoms with Crippen LogP contribution in [0.5, 0.6) is 0 Å². The summed E-state index contributed by atoms with van der Waals surface area (Å²) in [6.45, 7) is 0.794. The van der Waals surface area contributed by atoms with E-state index in [1.165, 1.54) is 17.1 Å². The van der Waals surface area contributed by atoms with Gasteiger partial charge in [-0.1, -0.05) is 6.07 Å². The zero-order valence-corrected chi connectivity index (χ0v) is 13.9. The van der Waals surface area contributed by atoms with Gasteiger partial charge in [-0.15, -0.1) is 0 Å². The molecule has 1 aromatic carbocycles. The maximum atomic E-state index is 12.5. The SMILES string of the molecule is CN(C1CC1)S(=O)(=O)c1ccc(CNC2CC2)cc1Br. The van der Waals surface area contributed by atoms with Crippen LogP contribution in [0, 0.1) is 0 Å². The average Bonchev–Trinajstić information content (AvgIpc) is 3.28. The molecule has 3 rings (SSSR count). The molecule has 0 heterocycles. The molecule has 1 aromatic rings. The van der Waals surface area contributed by atoms with E-state index in [9.17, 15) is 8.42 Å². The van der Waals surface area contributed by atoms with Gasteiger partial charge in [0.15, 0.2) is 0 Å². The number of hydrogen-bond donors (Lipinski definition) is 1. The van der Waals surface area contributed by atoms with Gasteiger partial charge in [0.25, 0.3) is 0 Å². The Morgan fingerprint density at radius 3 is 2.55 bits per heavy atom. The van der Waals surface area contributed by atoms with Gasteiger partial charge in [0.05, 0.1) is 4.90 Å². The predicted molar refractivity (Wildman–Crippen MR) is 82.0 cm³/mol. The normalized spacial score (nSPS) is 19.6. The average molecular weight is 359 g/mol. The fraction of sp³-hybridized carbons (Fsp3) is 0.571. The van der Waals surface area contributed by atoms with Crippen molar-refractivity contribution in [1.82, 2.24) is 9.62 Å². The van der Waals surface area contributed by atoms with Gasteiger partial charge in [-0.25, -0.2) is 8.42 Å². The molecule has 2 fully saturated rings. The minimum atomic E-state index is -3.38. The fourth-order valence-electron chi connectivity index (χ4n) is 2.20. The van der Waals surface area contributed by atoms with Crippen molar-refractivity contribution in [3.63, 3.8) is 0 Å². The zero-order valence-electron chi connectivity index (χ0n) is 11.5. The number of hydrogen-bond acceptors (Lipinski definition) is 3. The van der Waals surface area contributed by atoms with Crippen molar-refractivity contribution >= 4 is 26.0 Å². The molecule has 2 aliphatic rings. The molecule has 2 saturated carbocycles. The summed E-state index contributed by atoms with van der Waals surface area (Å²) in [5, 5.41) is 3.43. The molecule has 0 aromatic heterocycles. The summed E-state index contributed by atoms with van der Waals surface area (Å²) in [6.07, 6.45) is 4.44. The van der Waals surface area contributed by atoms with E-state index in [1.807, 2.05) is 12.1 Å². The molecular weight excluding hydrogens is 340 g/mol. The van der Waals surface area contributed by atoms with Crippen LogP contribution in [-0.2, 0) is 16.6 Å². The van der Waals surface area contributed by atoms with Gasteiger partial charge >= 0.3 is 0 Å². The van der Waals surface area contributed by atoms with Gasteiger partial charge in [-0.3, -0.25) is 0 Å². The second-order valence-electron chi connectivity index (χ2n) is 5.67. The molecule has 0 spiro atoms. The Balaban J connectivity index is 1.78. The zero-order chi connectivity index (χ0) is 14.3. The first-order chi connectivity index (χ1) is 9.48. The molecular formula is C14H19BrN2O2S. The largest absolute Gasteiger partial charge is 0.310 e. The van der Waals surface area contributed by atoms with Crippen LogP contribution in [-0.4, -0.2) is 31.9 Å². The van der Waals surface area contributed by atoms with E-state index < -0.39 is 10.0 Å². The Hall–Kier alpha value is -0.430. The number of benzene rings is 1. The summed E-state index contributed by atoms with van der Waals surface area (Å²) in [5.41, 5.74) is 1.11. The molecule has 0 aliphatic heterocycles. The van der Waals surface area contributed by atoms with Crippen LogP contribution in [0.3, 0.4) is 0 Å². The molecule has 4 nitrogen and oxygen atoms in total. The molecule has 110 valence electrons. The fourth-order valence-corrected chi connectivity index (χ4v) is 4.70. The maximum absolute atomic E-state index is 12.5. The van der Waals surface area contributed by atoms with Crippen LogP contribution in [0.1, 0.15) is 31.2 Å². The monoisotopic (exact) mass is 358 g/mol. The number of nitrogens with zero attached hydrogens (tertiary/aromatic N) is 1. The summed E-state index contributed by atoms with van der Waals surface area (Å²) in [6, 6.07) is 6.35. The summed E-state index contributed by atoms with van der Waals surface area (Å²) >= 11 is 3.41. The summed E-state index contributed by atoms with van der Waals surface area (Å²) < 4.78 is 27.2. The minimum Gasteiger partial charge on any atom is -0.310 e. The van der Waals surface area contributed by atoms with Gasteiger partial charge in [-0.2, -0.15) is 4.31 Å². The lowest BCUT2D eigenvalue weighted by molar-refractivity contribution is 0.464. The molecule has 6 heteroatoms. The highest BCUT2D eigenvalue weighted by molar-refractivity contribution is 9.10. The van der Waals surface area contributed by atoms with Crippen molar-refractivity contribution < 1.29 is 8.42 Å². The maximum Gasteiger partial charge on any atom is 0.244 e. The van der Waals surface area contributed by atoms with E-state index in [1.54, 1.807) is 13.1 Å². The van der Waals surface area contributed by atoms with E-state index >= 15 is 0 Å². The van der Waals surface area contributed by atoms with Crippen LogP contribution in [0.4, 0.5) is 0 Å². The predicted octanol–water partition coefficient (Wildman–Crippen LogP) is 2.48. The molecule has 0 saturated heterocycles. The molecule has 0 bridgehead atoms. The lowest BCUT2D eigenvalue weighted by Gasteiger charge is -2.17. The van der Waals surface area contributed by atoms with Gasteiger partial charge in [0, 0.05) is 30.1 Å². The van der Waals surface area contributed by atoms with E-state index in [2.05, 4.69) is 21.2 Å². The third-order valence-corrected chi connectivity index (χ3v) is 6.77. The van der Waals surface area contributed by atoms with Crippen molar-refractivity contribution in [3.05, 3.63) is 28.2 Å². The Labute approximate surface area is 128 Å². The topological polar surface area (TPSA) is 49.4 Å². The van der Waals surface area contributed by atoms with Crippen molar-refractivity contribution in [2.45, 2.75) is 49.2 Å². The Morgan fingerprint density at radius 1 is 1.30 bits per heavy atom. The second kappa shape index (κ2) is 5.40. The first kappa shape index (κ1) is 14.5. The molecule has 0 radical (unpaired) electrons. The number of halogens is 1. The second-order valence-corrected chi connectivity index (χ2v) is 8.49. The molecule has 20 heavy (non-hydrogen) atoms. The number of nitrogens with one attached hydrogen (secondary N) is 1. The van der Waals surface area contributed by atoms with Crippen LogP contribution in [0.25, 0.3) is 0 Å². The molecule has 1 N–H and O–H groups in total. The van der Waals surface area contributed by atoms with Crippen molar-refractivity contribution in [3.8, 4) is 0 Å². The Bertz CT molecular complexity index is 610. The highest BCUT2D eigenvalue weighted by atomic mass is 79.9. The standard InChI is InChI=1S/C14H19BrN2O2S/c1-17(12-5-6-12)20(18,19)14-7-2-10(8-13(14)15)9-16-11-3-4-11/h2,7-8,11-12,16H,3-6,9H2,1H3. The van der Waals surface area contributed by atoms with Crippen LogP contribution in [0.15, 0.2) is 27.6 Å². The lowest BCUT2D eigenvalue weighted by atomic mass is 10.2. The number of sulfonamides is 1. The van der Waals surface area contributed by atoms with Crippen molar-refractivity contribution in [2.75, 3.05) is 7.05 Å². The highest BCUT2D eigenvalue weighted by Gasteiger charge is 2.35. The van der Waals surface area contributed by atoms with Crippen molar-refractivity contribution in [1.29, 1.82) is 0 Å². The van der Waals surface area contributed by atoms with E-state index in [4.69, 9.17) is 0 Å². The van der Waals surface area contributed by atoms with Gasteiger partial charge in [0.1, 0.15) is 0 Å². The molecule has 2 aliphatic carbocycles. The third kappa shape index (κ3) is 3.08. The first-order valence-corrected chi connectivity index (χ1v) is 9.21. The smallest absolute Gasteiger partial charge is 0.244 e. The van der Waals surface area contributed by atoms with Gasteiger partial charge in [-0.05, 0) is 59.3 Å². The Kier molecular flexibility index (Phi) is 3.92. The van der Waals surface area contributed by atoms with E-state index in [0.717, 1.165) is 24.9 Å². The molecule has 0 atom stereocenters. The summed E-state index contributed by atoms with van der Waals surface area (Å²) in [4.78, 5) is 0.363. The number of rotatable bonds is 6. The van der Waals surface area contributed by atoms with E-state index in [-0.39, 0.29) is 6.04 Å². The van der Waals surface area contributed by atoms with Gasteiger partial charge < -0.3 is 5.32 Å². The molecule has 0 unspecified atom stereocenters. The van der Waals surface area contributed by atoms with Crippen molar-refractivity contribution in [2.24, 2.45) is 0 Å². The van der Waals surface area contributed by atoms with E-state index in [0.29, 0.717) is 15.4 Å². The highest BCUT2D eigenvalue weighted by Crippen LogP contribution is 2.33. The van der Waals surface area contributed by atoms with Crippen LogP contribution >= 0.6 is 15.9 Å². The summed E-state index contributed by atoms with van der Waals surface area (Å²) in [5.74, 6) is 0. The third-order valence-electron chi connectivity index (χ3n) is 3.89. The van der Waals surface area contributed by atoms with Crippen LogP contribution < -0.4 is 5.32 Å². The van der Waals surface area contributed by atoms with Crippen LogP contribution in [0.2, 0.25) is 0 Å². The quantitative estimate of drug-likeness (QED) is 0.849. The van der Waals surface area contributed by atoms with Gasteiger partial charge in [0.2, 0.25) is 10.0 Å². The first-order valence-electron chi connectivity index (χ1n) is 6.98. The Morgan fingerprint density at radius 2 is 2.00 bits per heavy atom. The minimum absolute atomic E-state index is 0.183.